The maximum atomic E-state index is 12.5. The Kier molecular flexibility index (Phi) is 7.19. The van der Waals surface area contributed by atoms with Crippen LogP contribution in [0.1, 0.15) is 45.9 Å². The number of nitrogens with zero attached hydrogens (tertiary/aromatic N) is 1. The number of carbonyl (C=O) groups is 1. The van der Waals surface area contributed by atoms with E-state index in [9.17, 15) is 33.5 Å². The van der Waals surface area contributed by atoms with E-state index in [1.165, 1.54) is 0 Å². The van der Waals surface area contributed by atoms with Gasteiger partial charge in [-0.15, -0.1) is 0 Å². The number of carbonyl (C=O) groups excluding carboxylic acids is 1. The van der Waals surface area contributed by atoms with E-state index in [4.69, 9.17) is 5.73 Å². The Balaban J connectivity index is 1.88. The number of nitrogens with two attached hydrogens (primary N) is 1. The third kappa shape index (κ3) is 5.53. The molecule has 4 rings (SSSR count). The van der Waals surface area contributed by atoms with Gasteiger partial charge in [-0.25, -0.2) is 0 Å². The summed E-state index contributed by atoms with van der Waals surface area (Å²) in [6.07, 6.45) is 6.66. The lowest BCUT2D eigenvalue weighted by Crippen LogP contribution is -2.23. The van der Waals surface area contributed by atoms with Crippen LogP contribution in [0.3, 0.4) is 0 Å². The van der Waals surface area contributed by atoms with Crippen molar-refractivity contribution in [1.82, 2.24) is 4.57 Å². The summed E-state index contributed by atoms with van der Waals surface area (Å²) in [5.74, 6) is -0.508. The second-order valence-electron chi connectivity index (χ2n) is 10.0. The summed E-state index contributed by atoms with van der Waals surface area (Å²) >= 11 is 0. The highest BCUT2D eigenvalue weighted by Gasteiger charge is 2.33. The Hall–Kier alpha value is -2.51. The number of hydrogen-bond donors (Lipinski definition) is 5. The van der Waals surface area contributed by atoms with Crippen LogP contribution in [-0.2, 0) is 9.13 Å². The highest BCUT2D eigenvalue weighted by molar-refractivity contribution is 7.52. The number of amides is 1. The van der Waals surface area contributed by atoms with Gasteiger partial charge in [0.1, 0.15) is 0 Å². The molecule has 0 unspecified atom stereocenters. The van der Waals surface area contributed by atoms with Gasteiger partial charge in [0.2, 0.25) is 5.91 Å². The Morgan fingerprint density at radius 1 is 0.865 bits per heavy atom. The minimum absolute atomic E-state index is 0.0491. The molecule has 0 bridgehead atoms. The molecule has 3 aromatic rings. The largest absolute Gasteiger partial charge is 0.366 e. The number of primary amides is 1. The summed E-state index contributed by atoms with van der Waals surface area (Å²) < 4.78 is 25.3. The quantitative estimate of drug-likeness (QED) is 0.203. The van der Waals surface area contributed by atoms with Gasteiger partial charge in [-0.2, -0.15) is 0 Å². The average Bonchev–Trinajstić information content (AvgIpc) is 3.13. The molecule has 0 radical (unpaired) electrons. The van der Waals surface area contributed by atoms with Crippen LogP contribution < -0.4 is 5.73 Å². The zero-order chi connectivity index (χ0) is 27.3. The third-order valence-corrected chi connectivity index (χ3v) is 9.02. The highest BCUT2D eigenvalue weighted by atomic mass is 31.2. The van der Waals surface area contributed by atoms with E-state index < -0.39 is 38.8 Å². The van der Waals surface area contributed by atoms with Gasteiger partial charge in [0.25, 0.3) is 0 Å². The van der Waals surface area contributed by atoms with Crippen LogP contribution >= 0.6 is 15.2 Å². The second kappa shape index (κ2) is 9.66. The van der Waals surface area contributed by atoms with Crippen LogP contribution in [0.5, 0.6) is 0 Å². The van der Waals surface area contributed by atoms with Gasteiger partial charge >= 0.3 is 15.2 Å². The number of benzene rings is 2. The van der Waals surface area contributed by atoms with E-state index in [0.29, 0.717) is 5.56 Å². The molecule has 0 aliphatic heterocycles. The minimum Gasteiger partial charge on any atom is -0.366 e. The van der Waals surface area contributed by atoms with Gasteiger partial charge in [0.05, 0.1) is 35.0 Å². The first-order chi connectivity index (χ1) is 17.1. The maximum Gasteiger partial charge on any atom is 0.325 e. The number of fused-ring (bicyclic) bond motifs is 3. The number of rotatable bonds is 8. The molecule has 1 aliphatic carbocycles. The van der Waals surface area contributed by atoms with E-state index in [-0.39, 0.29) is 18.9 Å². The maximum absolute atomic E-state index is 12.5. The van der Waals surface area contributed by atoms with Crippen molar-refractivity contribution in [2.24, 2.45) is 11.1 Å². The Morgan fingerprint density at radius 3 is 1.84 bits per heavy atom. The molecule has 11 heteroatoms. The first kappa shape index (κ1) is 27.5. The lowest BCUT2D eigenvalue weighted by atomic mass is 9.78. The summed E-state index contributed by atoms with van der Waals surface area (Å²) in [7, 11) is -8.62. The summed E-state index contributed by atoms with van der Waals surface area (Å²) in [4.78, 5) is 50.3. The summed E-state index contributed by atoms with van der Waals surface area (Å²) in [5.41, 5.74) is 10.0. The van der Waals surface area contributed by atoms with Crippen LogP contribution in [0.25, 0.3) is 21.8 Å². The molecule has 1 heterocycles. The SMILES string of the molecule is Cc1ccc2c(c1C)c1c(C(N)=O)c(C)ccc1n2C1C=CC(CCP(=O)(O)O)(CCP(=O)(O)O)C=C1. The molecule has 37 heavy (non-hydrogen) atoms. The molecule has 1 aliphatic rings. The third-order valence-electron chi connectivity index (χ3n) is 7.41. The topological polar surface area (TPSA) is 163 Å². The van der Waals surface area contributed by atoms with E-state index in [0.717, 1.165) is 38.5 Å². The molecule has 0 spiro atoms. The minimum atomic E-state index is -4.31. The van der Waals surface area contributed by atoms with E-state index in [1.54, 1.807) is 12.2 Å². The number of hydrogen-bond acceptors (Lipinski definition) is 3. The fraction of sp³-hybridized carbons (Fsp3) is 0.346. The summed E-state index contributed by atoms with van der Waals surface area (Å²) in [6.45, 7) is 5.87. The smallest absolute Gasteiger partial charge is 0.325 e. The zero-order valence-electron chi connectivity index (χ0n) is 21.0. The van der Waals surface area contributed by atoms with Crippen molar-refractivity contribution in [3.63, 3.8) is 0 Å². The molecule has 1 amide bonds. The molecule has 0 saturated carbocycles. The highest BCUT2D eigenvalue weighted by Crippen LogP contribution is 2.48. The molecule has 1 aromatic heterocycles. The van der Waals surface area contributed by atoms with Crippen molar-refractivity contribution in [2.45, 2.75) is 39.7 Å². The summed E-state index contributed by atoms with van der Waals surface area (Å²) in [6, 6.07) is 7.54. The Labute approximate surface area is 215 Å². The fourth-order valence-corrected chi connectivity index (χ4v) is 6.69. The number of aromatic nitrogens is 1. The van der Waals surface area contributed by atoms with Gasteiger partial charge in [-0.05, 0) is 62.4 Å². The van der Waals surface area contributed by atoms with Gasteiger partial charge in [-0.1, -0.05) is 36.4 Å². The predicted molar refractivity (Wildman–Crippen MR) is 145 cm³/mol. The van der Waals surface area contributed by atoms with Crippen molar-refractivity contribution in [1.29, 1.82) is 0 Å². The van der Waals surface area contributed by atoms with E-state index in [2.05, 4.69) is 4.57 Å². The van der Waals surface area contributed by atoms with Gasteiger partial charge in [0, 0.05) is 16.2 Å². The van der Waals surface area contributed by atoms with Crippen LogP contribution in [0, 0.1) is 26.2 Å². The lowest BCUT2D eigenvalue weighted by molar-refractivity contribution is 0.100. The van der Waals surface area contributed by atoms with Crippen molar-refractivity contribution in [3.05, 3.63) is 70.8 Å². The monoisotopic (exact) mass is 546 g/mol. The zero-order valence-corrected chi connectivity index (χ0v) is 22.7. The normalized spacial score (nSPS) is 16.2. The molecule has 6 N–H and O–H groups in total. The van der Waals surface area contributed by atoms with Crippen molar-refractivity contribution < 1.29 is 33.5 Å². The first-order valence-corrected chi connectivity index (χ1v) is 15.5. The van der Waals surface area contributed by atoms with Crippen LogP contribution in [0.4, 0.5) is 0 Å². The average molecular weight is 546 g/mol. The fourth-order valence-electron chi connectivity index (χ4n) is 5.27. The summed E-state index contributed by atoms with van der Waals surface area (Å²) in [5, 5.41) is 1.72. The van der Waals surface area contributed by atoms with Crippen molar-refractivity contribution >= 4 is 42.9 Å². The molecular weight excluding hydrogens is 514 g/mol. The van der Waals surface area contributed by atoms with Gasteiger partial charge in [-0.3, -0.25) is 13.9 Å². The van der Waals surface area contributed by atoms with Crippen LogP contribution in [-0.4, -0.2) is 42.4 Å². The molecule has 2 aromatic carbocycles. The second-order valence-corrected chi connectivity index (χ2v) is 13.6. The first-order valence-electron chi connectivity index (χ1n) is 11.9. The molecule has 0 saturated heterocycles. The number of allylic oxidation sites excluding steroid dienone is 4. The predicted octanol–water partition coefficient (Wildman–Crippen LogP) is 4.61. The van der Waals surface area contributed by atoms with Crippen molar-refractivity contribution in [2.75, 3.05) is 12.3 Å². The molecular formula is C26H32N2O7P2. The van der Waals surface area contributed by atoms with Crippen LogP contribution in [0.2, 0.25) is 0 Å². The Bertz CT molecular complexity index is 1520. The number of aryl methyl sites for hydroxylation is 3. The van der Waals surface area contributed by atoms with E-state index >= 15 is 0 Å². The van der Waals surface area contributed by atoms with Crippen molar-refractivity contribution in [3.8, 4) is 0 Å². The molecule has 198 valence electrons. The molecule has 9 nitrogen and oxygen atoms in total. The van der Waals surface area contributed by atoms with Gasteiger partial charge < -0.3 is 29.9 Å². The lowest BCUT2D eigenvalue weighted by Gasteiger charge is -2.32. The van der Waals surface area contributed by atoms with Crippen LogP contribution in [0.15, 0.2) is 48.6 Å². The van der Waals surface area contributed by atoms with E-state index in [1.807, 2.05) is 57.2 Å². The Morgan fingerprint density at radius 2 is 1.35 bits per heavy atom. The standard InChI is InChI=1S/C26H32N2O7P2/c1-16-4-6-20-23(18(16)3)24-21(7-5-17(2)22(24)25(27)29)28(20)19-8-10-26(11-9-19,12-14-36(30,31)32)13-15-37(33,34)35/h4-11,19H,12-15H2,1-3H3,(H2,27,29)(H2,30,31,32)(H2,33,34,35). The molecule has 0 atom stereocenters. The molecule has 0 fully saturated rings. The van der Waals surface area contributed by atoms with Gasteiger partial charge in [0.15, 0.2) is 0 Å².